The molecule has 0 saturated heterocycles. The lowest BCUT2D eigenvalue weighted by atomic mass is 9.85. The minimum absolute atomic E-state index is 0.903. The van der Waals surface area contributed by atoms with E-state index in [2.05, 4.69) is 21.9 Å². The predicted molar refractivity (Wildman–Crippen MR) is 49.2 cm³/mol. The molecule has 12 heavy (non-hydrogen) atoms. The van der Waals surface area contributed by atoms with E-state index >= 15 is 0 Å². The zero-order valence-electron chi connectivity index (χ0n) is 7.45. The van der Waals surface area contributed by atoms with Gasteiger partial charge in [-0.15, -0.1) is 0 Å². The number of hydrogen-bond donors (Lipinski definition) is 1. The van der Waals surface area contributed by atoms with E-state index in [1.165, 1.54) is 19.3 Å². The number of nitrogens with zero attached hydrogens (tertiary/aromatic N) is 2. The Morgan fingerprint density at radius 1 is 1.67 bits per heavy atom. The lowest BCUT2D eigenvalue weighted by Crippen LogP contribution is -2.29. The predicted octanol–water partition coefficient (Wildman–Crippen LogP) is 1.65. The van der Waals surface area contributed by atoms with Crippen LogP contribution in [0.5, 0.6) is 0 Å². The topological polar surface area (TPSA) is 31.9 Å². The fourth-order valence-corrected chi connectivity index (χ4v) is 1.61. The largest absolute Gasteiger partial charge is 0.345 e. The van der Waals surface area contributed by atoms with Crippen LogP contribution in [0.25, 0.3) is 0 Å². The van der Waals surface area contributed by atoms with Crippen molar-refractivity contribution in [1.29, 1.82) is 0 Å². The maximum Gasteiger partial charge on any atom is 0.202 e. The third-order valence-electron chi connectivity index (χ3n) is 2.60. The molecular formula is C9H15N3. The molecule has 1 saturated carbocycles. The molecule has 0 spiro atoms. The highest BCUT2D eigenvalue weighted by Crippen LogP contribution is 2.27. The molecule has 0 atom stereocenters. The second kappa shape index (κ2) is 3.17. The Bertz CT molecular complexity index is 226. The van der Waals surface area contributed by atoms with Gasteiger partial charge in [-0.3, -0.25) is 0 Å². The summed E-state index contributed by atoms with van der Waals surface area (Å²) in [7, 11) is 2.09. The maximum absolute atomic E-state index is 4.20. The van der Waals surface area contributed by atoms with Crippen molar-refractivity contribution in [2.75, 3.05) is 18.5 Å². The molecule has 0 aliphatic heterocycles. The van der Waals surface area contributed by atoms with Gasteiger partial charge < -0.3 is 9.88 Å². The van der Waals surface area contributed by atoms with E-state index in [-0.39, 0.29) is 0 Å². The van der Waals surface area contributed by atoms with Gasteiger partial charge in [-0.2, -0.15) is 0 Å². The number of nitrogens with one attached hydrogen (secondary N) is 1. The summed E-state index contributed by atoms with van der Waals surface area (Å²) < 4.78 is 0. The first-order valence-electron chi connectivity index (χ1n) is 4.57. The van der Waals surface area contributed by atoms with Crippen LogP contribution in [0.1, 0.15) is 19.3 Å². The Morgan fingerprint density at radius 2 is 2.50 bits per heavy atom. The third kappa shape index (κ3) is 1.44. The summed E-state index contributed by atoms with van der Waals surface area (Å²) in [6, 6.07) is 0. The summed E-state index contributed by atoms with van der Waals surface area (Å²) in [6.07, 6.45) is 7.87. The van der Waals surface area contributed by atoms with Gasteiger partial charge in [0.05, 0.1) is 0 Å². The maximum atomic E-state index is 4.20. The van der Waals surface area contributed by atoms with Crippen LogP contribution in [0.2, 0.25) is 0 Å². The van der Waals surface area contributed by atoms with Crippen molar-refractivity contribution in [3.05, 3.63) is 12.4 Å². The molecule has 1 aromatic rings. The molecule has 1 fully saturated rings. The average molecular weight is 165 g/mol. The zero-order valence-corrected chi connectivity index (χ0v) is 7.45. The minimum atomic E-state index is 0.903. The average Bonchev–Trinajstić information content (AvgIpc) is 2.47. The molecule has 0 amide bonds. The number of imidazole rings is 1. The van der Waals surface area contributed by atoms with Crippen molar-refractivity contribution in [3.63, 3.8) is 0 Å². The van der Waals surface area contributed by atoms with Crippen molar-refractivity contribution in [1.82, 2.24) is 9.97 Å². The first kappa shape index (κ1) is 7.65. The van der Waals surface area contributed by atoms with Gasteiger partial charge in [-0.05, 0) is 18.8 Å². The van der Waals surface area contributed by atoms with Crippen LogP contribution in [-0.2, 0) is 0 Å². The highest BCUT2D eigenvalue weighted by molar-refractivity contribution is 5.27. The quantitative estimate of drug-likeness (QED) is 0.738. The van der Waals surface area contributed by atoms with Crippen LogP contribution in [0.4, 0.5) is 5.95 Å². The standard InChI is InChI=1S/C9H15N3/c1-12(7-8-3-2-4-8)9-10-5-6-11-9/h5-6,8H,2-4,7H2,1H3,(H,10,11). The van der Waals surface area contributed by atoms with Crippen molar-refractivity contribution in [2.45, 2.75) is 19.3 Å². The van der Waals surface area contributed by atoms with E-state index in [9.17, 15) is 0 Å². The van der Waals surface area contributed by atoms with Crippen molar-refractivity contribution in [3.8, 4) is 0 Å². The van der Waals surface area contributed by atoms with E-state index in [1.54, 1.807) is 6.20 Å². The van der Waals surface area contributed by atoms with Gasteiger partial charge in [0.1, 0.15) is 0 Å². The highest BCUT2D eigenvalue weighted by Gasteiger charge is 2.19. The summed E-state index contributed by atoms with van der Waals surface area (Å²) in [5.41, 5.74) is 0. The summed E-state index contributed by atoms with van der Waals surface area (Å²) in [5, 5.41) is 0. The fourth-order valence-electron chi connectivity index (χ4n) is 1.61. The molecule has 0 radical (unpaired) electrons. The molecular weight excluding hydrogens is 150 g/mol. The van der Waals surface area contributed by atoms with Crippen LogP contribution >= 0.6 is 0 Å². The summed E-state index contributed by atoms with van der Waals surface area (Å²) in [4.78, 5) is 9.50. The zero-order chi connectivity index (χ0) is 8.39. The molecule has 0 unspecified atom stereocenters. The van der Waals surface area contributed by atoms with Crippen molar-refractivity contribution < 1.29 is 0 Å². The second-order valence-electron chi connectivity index (χ2n) is 3.59. The SMILES string of the molecule is CN(CC1CCC1)c1ncc[nH]1. The van der Waals surface area contributed by atoms with Gasteiger partial charge in [0.25, 0.3) is 0 Å². The van der Waals surface area contributed by atoms with Crippen LogP contribution in [0, 0.1) is 5.92 Å². The summed E-state index contributed by atoms with van der Waals surface area (Å²) in [5.74, 6) is 1.89. The molecule has 1 aliphatic rings. The van der Waals surface area contributed by atoms with Gasteiger partial charge in [-0.1, -0.05) is 6.42 Å². The van der Waals surface area contributed by atoms with E-state index in [0.717, 1.165) is 18.4 Å². The molecule has 3 heteroatoms. The lowest BCUT2D eigenvalue weighted by Gasteiger charge is -2.29. The van der Waals surface area contributed by atoms with Crippen LogP contribution in [-0.4, -0.2) is 23.6 Å². The smallest absolute Gasteiger partial charge is 0.202 e. The normalized spacial score (nSPS) is 17.4. The minimum Gasteiger partial charge on any atom is -0.345 e. The van der Waals surface area contributed by atoms with E-state index in [0.29, 0.717) is 0 Å². The van der Waals surface area contributed by atoms with Gasteiger partial charge in [0.2, 0.25) is 5.95 Å². The number of anilines is 1. The highest BCUT2D eigenvalue weighted by atomic mass is 15.2. The Hall–Kier alpha value is -0.990. The molecule has 1 heterocycles. The van der Waals surface area contributed by atoms with Crippen LogP contribution in [0.15, 0.2) is 12.4 Å². The molecule has 1 aromatic heterocycles. The number of H-pyrrole nitrogens is 1. The van der Waals surface area contributed by atoms with Gasteiger partial charge >= 0.3 is 0 Å². The Kier molecular flexibility index (Phi) is 2.02. The van der Waals surface area contributed by atoms with Gasteiger partial charge in [0.15, 0.2) is 0 Å². The molecule has 1 aliphatic carbocycles. The first-order valence-corrected chi connectivity index (χ1v) is 4.57. The monoisotopic (exact) mass is 165 g/mol. The number of hydrogen-bond acceptors (Lipinski definition) is 2. The number of aromatic amines is 1. The number of rotatable bonds is 3. The summed E-state index contributed by atoms with van der Waals surface area (Å²) in [6.45, 7) is 1.15. The van der Waals surface area contributed by atoms with Crippen molar-refractivity contribution in [2.24, 2.45) is 5.92 Å². The fraction of sp³-hybridized carbons (Fsp3) is 0.667. The Labute approximate surface area is 72.8 Å². The lowest BCUT2D eigenvalue weighted by molar-refractivity contribution is 0.320. The van der Waals surface area contributed by atoms with Gasteiger partial charge in [-0.25, -0.2) is 4.98 Å². The first-order chi connectivity index (χ1) is 5.86. The summed E-state index contributed by atoms with van der Waals surface area (Å²) >= 11 is 0. The van der Waals surface area contributed by atoms with Crippen LogP contribution < -0.4 is 4.90 Å². The second-order valence-corrected chi connectivity index (χ2v) is 3.59. The molecule has 66 valence electrons. The molecule has 1 N–H and O–H groups in total. The molecule has 2 rings (SSSR count). The molecule has 3 nitrogen and oxygen atoms in total. The third-order valence-corrected chi connectivity index (χ3v) is 2.60. The number of aromatic nitrogens is 2. The Balaban J connectivity index is 1.87. The van der Waals surface area contributed by atoms with E-state index < -0.39 is 0 Å². The molecule has 0 bridgehead atoms. The van der Waals surface area contributed by atoms with E-state index in [1.807, 2.05) is 6.20 Å². The van der Waals surface area contributed by atoms with Crippen LogP contribution in [0.3, 0.4) is 0 Å². The Morgan fingerprint density at radius 3 is 3.00 bits per heavy atom. The van der Waals surface area contributed by atoms with Gasteiger partial charge in [0, 0.05) is 26.0 Å². The molecule has 0 aromatic carbocycles. The van der Waals surface area contributed by atoms with E-state index in [4.69, 9.17) is 0 Å². The van der Waals surface area contributed by atoms with Crippen molar-refractivity contribution >= 4 is 5.95 Å².